The van der Waals surface area contributed by atoms with Gasteiger partial charge in [0.2, 0.25) is 5.91 Å². The summed E-state index contributed by atoms with van der Waals surface area (Å²) in [5, 5.41) is 6.24. The molecule has 0 atom stereocenters. The van der Waals surface area contributed by atoms with Crippen LogP contribution in [0.15, 0.2) is 42.7 Å². The predicted octanol–water partition coefficient (Wildman–Crippen LogP) is 2.09. The first-order valence-corrected chi connectivity index (χ1v) is 9.24. The van der Waals surface area contributed by atoms with Gasteiger partial charge in [-0.2, -0.15) is 0 Å². The molecule has 0 saturated carbocycles. The maximum atomic E-state index is 12.4. The number of Topliss-reactive ketones (excluding diaryl/α,β-unsaturated/α-hetero) is 1. The van der Waals surface area contributed by atoms with Crippen LogP contribution in [0.1, 0.15) is 39.9 Å². The van der Waals surface area contributed by atoms with Crippen molar-refractivity contribution in [3.05, 3.63) is 65.0 Å². The van der Waals surface area contributed by atoms with Gasteiger partial charge in [-0.3, -0.25) is 14.6 Å². The largest absolute Gasteiger partial charge is 0.356 e. The molecule has 0 bridgehead atoms. The number of hydrogen-bond donors (Lipinski definition) is 2. The molecule has 5 nitrogen and oxygen atoms in total. The number of nitrogens with one attached hydrogen (secondary N) is 2. The number of aromatic nitrogens is 1. The first-order chi connectivity index (χ1) is 12.7. The fourth-order valence-corrected chi connectivity index (χ4v) is 3.20. The number of benzene rings is 1. The van der Waals surface area contributed by atoms with E-state index in [9.17, 15) is 9.59 Å². The van der Waals surface area contributed by atoms with Crippen molar-refractivity contribution in [1.29, 1.82) is 0 Å². The van der Waals surface area contributed by atoms with Gasteiger partial charge in [0.1, 0.15) is 0 Å². The van der Waals surface area contributed by atoms with Crippen LogP contribution < -0.4 is 10.6 Å². The zero-order valence-corrected chi connectivity index (χ0v) is 15.0. The van der Waals surface area contributed by atoms with Crippen LogP contribution in [0.5, 0.6) is 0 Å². The van der Waals surface area contributed by atoms with Gasteiger partial charge in [0, 0.05) is 37.3 Å². The molecule has 1 aromatic heterocycles. The fourth-order valence-electron chi connectivity index (χ4n) is 3.20. The quantitative estimate of drug-likeness (QED) is 0.750. The maximum absolute atomic E-state index is 12.4. The first-order valence-electron chi connectivity index (χ1n) is 9.24. The fraction of sp³-hybridized carbons (Fsp3) is 0.381. The van der Waals surface area contributed by atoms with Gasteiger partial charge in [-0.1, -0.05) is 18.2 Å². The van der Waals surface area contributed by atoms with Crippen molar-refractivity contribution in [1.82, 2.24) is 15.6 Å². The zero-order valence-electron chi connectivity index (χ0n) is 15.0. The monoisotopic (exact) mass is 351 g/mol. The van der Waals surface area contributed by atoms with E-state index in [0.29, 0.717) is 12.1 Å². The van der Waals surface area contributed by atoms with E-state index in [0.717, 1.165) is 37.9 Å². The number of fused-ring (bicyclic) bond motifs is 1. The van der Waals surface area contributed by atoms with Gasteiger partial charge < -0.3 is 10.6 Å². The Kier molecular flexibility index (Phi) is 6.50. The number of nitrogens with zero attached hydrogens (tertiary/aromatic N) is 1. The second-order valence-corrected chi connectivity index (χ2v) is 6.62. The first kappa shape index (κ1) is 18.3. The lowest BCUT2D eigenvalue weighted by molar-refractivity contribution is -0.121. The lowest BCUT2D eigenvalue weighted by atomic mass is 9.97. The number of pyridine rings is 1. The molecule has 0 fully saturated rings. The molecule has 0 unspecified atom stereocenters. The highest BCUT2D eigenvalue weighted by Gasteiger charge is 2.13. The van der Waals surface area contributed by atoms with E-state index in [1.807, 2.05) is 24.3 Å². The number of carbonyl (C=O) groups is 2. The van der Waals surface area contributed by atoms with E-state index in [1.54, 1.807) is 12.4 Å². The topological polar surface area (TPSA) is 71.1 Å². The molecule has 2 N–H and O–H groups in total. The molecular formula is C21H25N3O2. The van der Waals surface area contributed by atoms with Crippen molar-refractivity contribution < 1.29 is 9.59 Å². The minimum absolute atomic E-state index is 0.0346. The summed E-state index contributed by atoms with van der Waals surface area (Å²) in [5.41, 5.74) is 4.37. The molecule has 5 heteroatoms. The normalized spacial score (nSPS) is 13.5. The smallest absolute Gasteiger partial charge is 0.220 e. The third-order valence-corrected chi connectivity index (χ3v) is 4.71. The molecule has 1 amide bonds. The van der Waals surface area contributed by atoms with E-state index in [-0.39, 0.29) is 24.5 Å². The Labute approximate surface area is 154 Å². The van der Waals surface area contributed by atoms with Crippen LogP contribution in [-0.2, 0) is 24.1 Å². The SMILES string of the molecule is O=C(CCC(=O)c1ccc2c(c1)CCNCC2)NCCc1cccnc1. The summed E-state index contributed by atoms with van der Waals surface area (Å²) < 4.78 is 0. The minimum Gasteiger partial charge on any atom is -0.356 e. The summed E-state index contributed by atoms with van der Waals surface area (Å²) >= 11 is 0. The van der Waals surface area contributed by atoms with Crippen LogP contribution in [0.4, 0.5) is 0 Å². The van der Waals surface area contributed by atoms with Gasteiger partial charge in [-0.25, -0.2) is 0 Å². The highest BCUT2D eigenvalue weighted by molar-refractivity contribution is 5.98. The molecule has 3 rings (SSSR count). The summed E-state index contributed by atoms with van der Waals surface area (Å²) in [6.45, 7) is 2.49. The van der Waals surface area contributed by atoms with Crippen LogP contribution in [0.25, 0.3) is 0 Å². The Balaban J connectivity index is 1.44. The standard InChI is InChI=1S/C21H25N3O2/c25-20(19-4-3-17-8-11-22-12-9-18(17)14-19)5-6-21(26)24-13-7-16-2-1-10-23-15-16/h1-4,10,14-15,22H,5-9,11-13H2,(H,24,26). The van der Waals surface area contributed by atoms with E-state index in [4.69, 9.17) is 0 Å². The van der Waals surface area contributed by atoms with Crippen molar-refractivity contribution in [3.63, 3.8) is 0 Å². The third kappa shape index (κ3) is 5.23. The maximum Gasteiger partial charge on any atom is 0.220 e. The van der Waals surface area contributed by atoms with Crippen molar-refractivity contribution in [2.24, 2.45) is 0 Å². The number of ketones is 1. The predicted molar refractivity (Wildman–Crippen MR) is 101 cm³/mol. The summed E-state index contributed by atoms with van der Waals surface area (Å²) in [5.74, 6) is -0.0476. The van der Waals surface area contributed by atoms with Gasteiger partial charge >= 0.3 is 0 Å². The van der Waals surface area contributed by atoms with Crippen LogP contribution in [0.2, 0.25) is 0 Å². The van der Waals surface area contributed by atoms with Gasteiger partial charge in [0.05, 0.1) is 0 Å². The molecule has 136 valence electrons. The second kappa shape index (κ2) is 9.25. The van der Waals surface area contributed by atoms with Crippen LogP contribution in [0.3, 0.4) is 0 Å². The Morgan fingerprint density at radius 3 is 2.73 bits per heavy atom. The van der Waals surface area contributed by atoms with Gasteiger partial charge in [0.15, 0.2) is 5.78 Å². The molecule has 0 spiro atoms. The van der Waals surface area contributed by atoms with E-state index < -0.39 is 0 Å². The molecule has 0 radical (unpaired) electrons. The van der Waals surface area contributed by atoms with Crippen LogP contribution in [0, 0.1) is 0 Å². The molecule has 0 saturated heterocycles. The van der Waals surface area contributed by atoms with Gasteiger partial charge in [0.25, 0.3) is 0 Å². The number of carbonyl (C=O) groups excluding carboxylic acids is 2. The molecule has 0 aliphatic carbocycles. The minimum atomic E-state index is -0.0822. The summed E-state index contributed by atoms with van der Waals surface area (Å²) in [4.78, 5) is 28.4. The average Bonchev–Trinajstić information content (AvgIpc) is 2.91. The van der Waals surface area contributed by atoms with E-state index >= 15 is 0 Å². The third-order valence-electron chi connectivity index (χ3n) is 4.71. The van der Waals surface area contributed by atoms with E-state index in [1.165, 1.54) is 11.1 Å². The molecule has 26 heavy (non-hydrogen) atoms. The lowest BCUT2D eigenvalue weighted by Gasteiger charge is -2.08. The van der Waals surface area contributed by atoms with E-state index in [2.05, 4.69) is 21.7 Å². The summed E-state index contributed by atoms with van der Waals surface area (Å²) in [6.07, 6.45) is 6.69. The number of hydrogen-bond acceptors (Lipinski definition) is 4. The molecule has 1 aromatic carbocycles. The number of amides is 1. The highest BCUT2D eigenvalue weighted by Crippen LogP contribution is 2.17. The van der Waals surface area contributed by atoms with Crippen molar-refractivity contribution in [2.45, 2.75) is 32.1 Å². The van der Waals surface area contributed by atoms with Crippen molar-refractivity contribution in [3.8, 4) is 0 Å². The van der Waals surface area contributed by atoms with Crippen molar-refractivity contribution >= 4 is 11.7 Å². The van der Waals surface area contributed by atoms with Crippen molar-refractivity contribution in [2.75, 3.05) is 19.6 Å². The highest BCUT2D eigenvalue weighted by atomic mass is 16.2. The molecule has 2 aromatic rings. The lowest BCUT2D eigenvalue weighted by Crippen LogP contribution is -2.26. The Hall–Kier alpha value is -2.53. The number of rotatable bonds is 7. The Morgan fingerprint density at radius 1 is 1.08 bits per heavy atom. The van der Waals surface area contributed by atoms with Gasteiger partial charge in [-0.15, -0.1) is 0 Å². The Morgan fingerprint density at radius 2 is 1.92 bits per heavy atom. The second-order valence-electron chi connectivity index (χ2n) is 6.62. The molecule has 1 aliphatic rings. The summed E-state index contributed by atoms with van der Waals surface area (Å²) in [7, 11) is 0. The molecular weight excluding hydrogens is 326 g/mol. The zero-order chi connectivity index (χ0) is 18.2. The summed E-state index contributed by atoms with van der Waals surface area (Å²) in [6, 6.07) is 9.82. The van der Waals surface area contributed by atoms with Crippen LogP contribution >= 0.6 is 0 Å². The molecule has 1 aliphatic heterocycles. The van der Waals surface area contributed by atoms with Crippen LogP contribution in [-0.4, -0.2) is 36.3 Å². The van der Waals surface area contributed by atoms with Gasteiger partial charge in [-0.05, 0) is 61.2 Å². The Bertz CT molecular complexity index is 759. The average molecular weight is 351 g/mol. The molecule has 2 heterocycles.